The molecule has 1 aromatic carbocycles. The average molecular weight is 303 g/mol. The fourth-order valence-corrected chi connectivity index (χ4v) is 2.91. The SMILES string of the molecule is CC(C)(C)CCCCc1cccc(CCCCC(C)(C)C)c1. The summed E-state index contributed by atoms with van der Waals surface area (Å²) in [6, 6.07) is 9.29. The monoisotopic (exact) mass is 302 g/mol. The minimum Gasteiger partial charge on any atom is -0.0617 e. The predicted molar refractivity (Wildman–Crippen MR) is 100 cm³/mol. The van der Waals surface area contributed by atoms with E-state index in [1.165, 1.54) is 62.5 Å². The van der Waals surface area contributed by atoms with E-state index in [9.17, 15) is 0 Å². The van der Waals surface area contributed by atoms with E-state index in [0.717, 1.165) is 0 Å². The molecule has 22 heavy (non-hydrogen) atoms. The van der Waals surface area contributed by atoms with E-state index in [2.05, 4.69) is 65.8 Å². The highest BCUT2D eigenvalue weighted by atomic mass is 14.2. The first-order valence-corrected chi connectivity index (χ1v) is 9.24. The number of rotatable bonds is 8. The van der Waals surface area contributed by atoms with E-state index in [1.54, 1.807) is 0 Å². The van der Waals surface area contributed by atoms with Crippen molar-refractivity contribution >= 4 is 0 Å². The van der Waals surface area contributed by atoms with Gasteiger partial charge < -0.3 is 0 Å². The number of aryl methyl sites for hydroxylation is 2. The van der Waals surface area contributed by atoms with Gasteiger partial charge in [-0.1, -0.05) is 78.6 Å². The van der Waals surface area contributed by atoms with Crippen molar-refractivity contribution in [2.45, 2.75) is 92.9 Å². The largest absolute Gasteiger partial charge is 0.0617 e. The van der Waals surface area contributed by atoms with Gasteiger partial charge in [-0.3, -0.25) is 0 Å². The van der Waals surface area contributed by atoms with Crippen molar-refractivity contribution in [3.05, 3.63) is 35.4 Å². The molecule has 0 atom stereocenters. The molecule has 0 aliphatic carbocycles. The third-order valence-corrected chi connectivity index (χ3v) is 4.28. The molecule has 0 aliphatic heterocycles. The molecule has 0 saturated heterocycles. The highest BCUT2D eigenvalue weighted by molar-refractivity contribution is 5.23. The maximum atomic E-state index is 2.44. The lowest BCUT2D eigenvalue weighted by atomic mass is 9.88. The Bertz CT molecular complexity index is 377. The van der Waals surface area contributed by atoms with Gasteiger partial charge >= 0.3 is 0 Å². The number of unbranched alkanes of at least 4 members (excludes halogenated alkanes) is 2. The first-order chi connectivity index (χ1) is 10.2. The topological polar surface area (TPSA) is 0 Å². The van der Waals surface area contributed by atoms with E-state index in [1.807, 2.05) is 0 Å². The van der Waals surface area contributed by atoms with Crippen LogP contribution < -0.4 is 0 Å². The normalized spacial score (nSPS) is 12.6. The maximum absolute atomic E-state index is 2.44. The summed E-state index contributed by atoms with van der Waals surface area (Å²) in [5.41, 5.74) is 4.02. The van der Waals surface area contributed by atoms with Crippen molar-refractivity contribution in [3.8, 4) is 0 Å². The summed E-state index contributed by atoms with van der Waals surface area (Å²) in [7, 11) is 0. The van der Waals surface area contributed by atoms with E-state index < -0.39 is 0 Å². The van der Waals surface area contributed by atoms with E-state index in [0.29, 0.717) is 10.8 Å². The Morgan fingerprint density at radius 1 is 0.636 bits per heavy atom. The molecule has 0 N–H and O–H groups in total. The van der Waals surface area contributed by atoms with Crippen molar-refractivity contribution in [2.75, 3.05) is 0 Å². The summed E-state index contributed by atoms with van der Waals surface area (Å²) in [6.07, 6.45) is 10.5. The Kier molecular flexibility index (Phi) is 7.66. The van der Waals surface area contributed by atoms with Crippen molar-refractivity contribution in [2.24, 2.45) is 10.8 Å². The van der Waals surface area contributed by atoms with Gasteiger partial charge in [-0.15, -0.1) is 0 Å². The molecule has 0 amide bonds. The number of benzene rings is 1. The maximum Gasteiger partial charge on any atom is -0.0279 e. The Labute approximate surface area is 139 Å². The molecule has 0 spiro atoms. The fraction of sp³-hybridized carbons (Fsp3) is 0.727. The van der Waals surface area contributed by atoms with Crippen LogP contribution in [0.4, 0.5) is 0 Å². The van der Waals surface area contributed by atoms with E-state index >= 15 is 0 Å². The molecule has 0 radical (unpaired) electrons. The van der Waals surface area contributed by atoms with Crippen LogP contribution in [0.5, 0.6) is 0 Å². The van der Waals surface area contributed by atoms with Crippen LogP contribution in [-0.2, 0) is 12.8 Å². The molecule has 0 bridgehead atoms. The zero-order chi connectivity index (χ0) is 16.6. The third-order valence-electron chi connectivity index (χ3n) is 4.28. The zero-order valence-electron chi connectivity index (χ0n) is 16.0. The minimum absolute atomic E-state index is 0.481. The van der Waals surface area contributed by atoms with Crippen molar-refractivity contribution < 1.29 is 0 Å². The summed E-state index contributed by atoms with van der Waals surface area (Å²) in [5.74, 6) is 0. The lowest BCUT2D eigenvalue weighted by Crippen LogP contribution is -2.04. The minimum atomic E-state index is 0.481. The molecule has 0 fully saturated rings. The highest BCUT2D eigenvalue weighted by Gasteiger charge is 2.10. The Morgan fingerprint density at radius 2 is 1.05 bits per heavy atom. The molecular formula is C22H38. The molecule has 1 aromatic rings. The molecule has 0 nitrogen and oxygen atoms in total. The zero-order valence-corrected chi connectivity index (χ0v) is 16.0. The van der Waals surface area contributed by atoms with Crippen LogP contribution in [0, 0.1) is 10.8 Å². The molecule has 0 heterocycles. The summed E-state index contributed by atoms with van der Waals surface area (Å²) in [5, 5.41) is 0. The van der Waals surface area contributed by atoms with Crippen LogP contribution in [0.2, 0.25) is 0 Å². The van der Waals surface area contributed by atoms with E-state index in [4.69, 9.17) is 0 Å². The van der Waals surface area contributed by atoms with Crippen LogP contribution in [0.25, 0.3) is 0 Å². The average Bonchev–Trinajstić information content (AvgIpc) is 2.38. The summed E-state index contributed by atoms with van der Waals surface area (Å²) < 4.78 is 0. The molecule has 0 unspecified atom stereocenters. The first kappa shape index (κ1) is 19.3. The predicted octanol–water partition coefficient (Wildman–Crippen LogP) is 7.20. The smallest absolute Gasteiger partial charge is 0.0279 e. The van der Waals surface area contributed by atoms with Crippen molar-refractivity contribution in [1.82, 2.24) is 0 Å². The Morgan fingerprint density at radius 3 is 1.41 bits per heavy atom. The van der Waals surface area contributed by atoms with Gasteiger partial charge in [-0.2, -0.15) is 0 Å². The van der Waals surface area contributed by atoms with Crippen LogP contribution >= 0.6 is 0 Å². The van der Waals surface area contributed by atoms with Gasteiger partial charge in [0.15, 0.2) is 0 Å². The van der Waals surface area contributed by atoms with Crippen LogP contribution in [0.3, 0.4) is 0 Å². The van der Waals surface area contributed by atoms with Crippen molar-refractivity contribution in [3.63, 3.8) is 0 Å². The molecule has 0 saturated carbocycles. The van der Waals surface area contributed by atoms with Gasteiger partial charge in [0.25, 0.3) is 0 Å². The van der Waals surface area contributed by atoms with Gasteiger partial charge in [0, 0.05) is 0 Å². The Hall–Kier alpha value is -0.780. The fourth-order valence-electron chi connectivity index (χ4n) is 2.91. The molecule has 0 heteroatoms. The van der Waals surface area contributed by atoms with Crippen LogP contribution in [0.1, 0.15) is 91.2 Å². The summed E-state index contributed by atoms with van der Waals surface area (Å²) in [6.45, 7) is 14.0. The summed E-state index contributed by atoms with van der Waals surface area (Å²) in [4.78, 5) is 0. The molecule has 1 rings (SSSR count). The van der Waals surface area contributed by atoms with Gasteiger partial charge in [0.1, 0.15) is 0 Å². The lowest BCUT2D eigenvalue weighted by Gasteiger charge is -2.17. The second-order valence-electron chi connectivity index (χ2n) is 9.36. The third kappa shape index (κ3) is 10.0. The molecule has 0 aromatic heterocycles. The number of hydrogen-bond donors (Lipinski definition) is 0. The van der Waals surface area contributed by atoms with Crippen LogP contribution in [0.15, 0.2) is 24.3 Å². The first-order valence-electron chi connectivity index (χ1n) is 9.24. The lowest BCUT2D eigenvalue weighted by molar-refractivity contribution is 0.360. The second kappa shape index (κ2) is 8.75. The quantitative estimate of drug-likeness (QED) is 0.445. The standard InChI is InChI=1S/C22H38/c1-21(2,3)16-9-7-12-19-14-11-15-20(18-19)13-8-10-17-22(4,5)6/h11,14-15,18H,7-10,12-13,16-17H2,1-6H3. The van der Waals surface area contributed by atoms with Crippen LogP contribution in [-0.4, -0.2) is 0 Å². The van der Waals surface area contributed by atoms with Gasteiger partial charge in [-0.05, 0) is 60.5 Å². The summed E-state index contributed by atoms with van der Waals surface area (Å²) >= 11 is 0. The van der Waals surface area contributed by atoms with E-state index in [-0.39, 0.29) is 0 Å². The highest BCUT2D eigenvalue weighted by Crippen LogP contribution is 2.23. The van der Waals surface area contributed by atoms with Gasteiger partial charge in [-0.25, -0.2) is 0 Å². The Balaban J connectivity index is 2.30. The van der Waals surface area contributed by atoms with Gasteiger partial charge in [0.2, 0.25) is 0 Å². The number of hydrogen-bond acceptors (Lipinski definition) is 0. The van der Waals surface area contributed by atoms with Gasteiger partial charge in [0.05, 0.1) is 0 Å². The molecule has 0 aliphatic rings. The second-order valence-corrected chi connectivity index (χ2v) is 9.36. The van der Waals surface area contributed by atoms with Crippen molar-refractivity contribution in [1.29, 1.82) is 0 Å². The molecular weight excluding hydrogens is 264 g/mol. The molecule has 126 valence electrons.